The third kappa shape index (κ3) is 2.77. The second-order valence-electron chi connectivity index (χ2n) is 4.38. The third-order valence-corrected chi connectivity index (χ3v) is 4.28. The number of hydrogen-bond acceptors (Lipinski definition) is 2. The van der Waals surface area contributed by atoms with E-state index in [0.29, 0.717) is 42.5 Å². The molecule has 1 aliphatic rings. The van der Waals surface area contributed by atoms with Gasteiger partial charge in [-0.25, -0.2) is 4.79 Å². The molecule has 0 bridgehead atoms. The van der Waals surface area contributed by atoms with Crippen molar-refractivity contribution in [1.29, 1.82) is 0 Å². The summed E-state index contributed by atoms with van der Waals surface area (Å²) in [5, 5.41) is 1.64. The van der Waals surface area contributed by atoms with Crippen LogP contribution in [0.25, 0.3) is 11.8 Å². The average molecular weight is 360 g/mol. The Labute approximate surface area is 140 Å². The Morgan fingerprint density at radius 3 is 2.19 bits per heavy atom. The van der Waals surface area contributed by atoms with E-state index in [4.69, 9.17) is 51.1 Å². The molecule has 0 aromatic heterocycles. The number of rotatable bonds is 1. The van der Waals surface area contributed by atoms with E-state index in [9.17, 15) is 4.79 Å². The molecule has 0 unspecified atom stereocenters. The third-order valence-electron chi connectivity index (χ3n) is 3.00. The van der Waals surface area contributed by atoms with Gasteiger partial charge in [-0.3, -0.25) is 0 Å². The fraction of sp³-hybridized carbons (Fsp3) is 0. The summed E-state index contributed by atoms with van der Waals surface area (Å²) in [6, 6.07) is 8.14. The Bertz CT molecular complexity index is 797. The number of esters is 1. The lowest BCUT2D eigenvalue weighted by atomic mass is 10.1. The van der Waals surface area contributed by atoms with Crippen molar-refractivity contribution in [2.75, 3.05) is 0 Å². The molecule has 0 saturated heterocycles. The second-order valence-corrected chi connectivity index (χ2v) is 6.03. The van der Waals surface area contributed by atoms with Gasteiger partial charge in [0.1, 0.15) is 5.76 Å². The first-order valence-electron chi connectivity index (χ1n) is 5.84. The molecular weight excluding hydrogens is 354 g/mol. The molecule has 2 nitrogen and oxygen atoms in total. The maximum atomic E-state index is 11.8. The zero-order valence-corrected chi connectivity index (χ0v) is 13.3. The lowest BCUT2D eigenvalue weighted by molar-refractivity contribution is 0.0717. The first-order valence-corrected chi connectivity index (χ1v) is 7.35. The van der Waals surface area contributed by atoms with Crippen LogP contribution in [0.3, 0.4) is 0 Å². The van der Waals surface area contributed by atoms with E-state index in [0.717, 1.165) is 0 Å². The van der Waals surface area contributed by atoms with Crippen LogP contribution in [0.4, 0.5) is 0 Å². The molecule has 0 saturated carbocycles. The minimum atomic E-state index is -0.472. The Morgan fingerprint density at radius 2 is 1.52 bits per heavy atom. The van der Waals surface area contributed by atoms with Gasteiger partial charge in [-0.15, -0.1) is 0 Å². The van der Waals surface area contributed by atoms with Gasteiger partial charge in [-0.2, -0.15) is 0 Å². The van der Waals surface area contributed by atoms with Crippen LogP contribution in [-0.4, -0.2) is 5.97 Å². The summed E-state index contributed by atoms with van der Waals surface area (Å²) in [7, 11) is 0. The van der Waals surface area contributed by atoms with Crippen molar-refractivity contribution >= 4 is 64.2 Å². The summed E-state index contributed by atoms with van der Waals surface area (Å²) < 4.78 is 5.24. The van der Waals surface area contributed by atoms with Crippen molar-refractivity contribution < 1.29 is 9.53 Å². The van der Waals surface area contributed by atoms with Crippen LogP contribution in [-0.2, 0) is 4.74 Å². The van der Waals surface area contributed by atoms with Crippen LogP contribution in [0.5, 0.6) is 0 Å². The highest BCUT2D eigenvalue weighted by atomic mass is 35.5. The van der Waals surface area contributed by atoms with Gasteiger partial charge < -0.3 is 4.74 Å². The van der Waals surface area contributed by atoms with Gasteiger partial charge in [0.15, 0.2) is 0 Å². The quantitative estimate of drug-likeness (QED) is 0.586. The molecule has 0 fully saturated rings. The molecular formula is C15H6Cl4O2. The van der Waals surface area contributed by atoms with Crippen LogP contribution in [0, 0.1) is 0 Å². The number of halogens is 4. The van der Waals surface area contributed by atoms with Gasteiger partial charge in [-0.1, -0.05) is 52.5 Å². The number of carbonyl (C=O) groups is 1. The summed E-state index contributed by atoms with van der Waals surface area (Å²) >= 11 is 23.9. The molecule has 0 amide bonds. The number of hydrogen-bond donors (Lipinski definition) is 0. The number of benzene rings is 2. The summed E-state index contributed by atoms with van der Waals surface area (Å²) in [5.41, 5.74) is 1.64. The van der Waals surface area contributed by atoms with E-state index in [2.05, 4.69) is 0 Å². The van der Waals surface area contributed by atoms with Crippen LogP contribution in [0.1, 0.15) is 21.5 Å². The molecule has 0 radical (unpaired) electrons. The van der Waals surface area contributed by atoms with E-state index in [1.807, 2.05) is 0 Å². The zero-order valence-electron chi connectivity index (χ0n) is 10.3. The topological polar surface area (TPSA) is 26.3 Å². The highest BCUT2D eigenvalue weighted by Crippen LogP contribution is 2.37. The van der Waals surface area contributed by atoms with Gasteiger partial charge in [0.25, 0.3) is 0 Å². The summed E-state index contributed by atoms with van der Waals surface area (Å²) in [6.07, 6.45) is 1.66. The molecule has 1 aliphatic heterocycles. The van der Waals surface area contributed by atoms with Crippen molar-refractivity contribution in [1.82, 2.24) is 0 Å². The number of cyclic esters (lactones) is 1. The molecule has 1 heterocycles. The molecule has 3 rings (SSSR count). The van der Waals surface area contributed by atoms with Crippen LogP contribution < -0.4 is 0 Å². The molecule has 0 atom stereocenters. The van der Waals surface area contributed by atoms with Gasteiger partial charge in [-0.05, 0) is 35.9 Å². The highest BCUT2D eigenvalue weighted by Gasteiger charge is 2.28. The van der Waals surface area contributed by atoms with E-state index in [-0.39, 0.29) is 0 Å². The Balaban J connectivity index is 2.12. The van der Waals surface area contributed by atoms with E-state index >= 15 is 0 Å². The largest absolute Gasteiger partial charge is 0.422 e. The van der Waals surface area contributed by atoms with E-state index < -0.39 is 5.97 Å². The Hall–Kier alpha value is -1.19. The minimum Gasteiger partial charge on any atom is -0.422 e. The summed E-state index contributed by atoms with van der Waals surface area (Å²) in [4.78, 5) is 11.8. The molecule has 0 N–H and O–H groups in total. The minimum absolute atomic E-state index is 0.304. The van der Waals surface area contributed by atoms with Crippen molar-refractivity contribution in [2.45, 2.75) is 0 Å². The number of fused-ring (bicyclic) bond motifs is 1. The lowest BCUT2D eigenvalue weighted by Gasteiger charge is -2.03. The number of ether oxygens (including phenoxy) is 1. The zero-order chi connectivity index (χ0) is 15.1. The molecule has 21 heavy (non-hydrogen) atoms. The monoisotopic (exact) mass is 358 g/mol. The molecule has 0 aliphatic carbocycles. The fourth-order valence-electron chi connectivity index (χ4n) is 2.00. The van der Waals surface area contributed by atoms with E-state index in [1.54, 1.807) is 30.3 Å². The second kappa shape index (κ2) is 5.54. The lowest BCUT2D eigenvalue weighted by Crippen LogP contribution is -1.93. The van der Waals surface area contributed by atoms with Crippen LogP contribution in [0.2, 0.25) is 20.1 Å². The Kier molecular flexibility index (Phi) is 3.89. The van der Waals surface area contributed by atoms with Gasteiger partial charge in [0.2, 0.25) is 0 Å². The molecule has 6 heteroatoms. The van der Waals surface area contributed by atoms with Gasteiger partial charge in [0, 0.05) is 15.6 Å². The molecule has 0 spiro atoms. The predicted molar refractivity (Wildman–Crippen MR) is 86.2 cm³/mol. The highest BCUT2D eigenvalue weighted by molar-refractivity contribution is 6.42. The molecule has 2 aromatic rings. The van der Waals surface area contributed by atoms with Gasteiger partial charge >= 0.3 is 5.97 Å². The van der Waals surface area contributed by atoms with Crippen molar-refractivity contribution in [3.8, 4) is 0 Å². The Morgan fingerprint density at radius 1 is 0.857 bits per heavy atom. The van der Waals surface area contributed by atoms with Crippen molar-refractivity contribution in [2.24, 2.45) is 0 Å². The standard InChI is InChI=1S/C15H6Cl4O2/c16-8-2-1-7(11(17)4-8)3-14-9-5-12(18)13(19)6-10(9)15(20)21-14/h1-6H/b14-3-. The SMILES string of the molecule is O=C1O/C(=C\c2ccc(Cl)cc2Cl)c2cc(Cl)c(Cl)cc21. The molecule has 106 valence electrons. The van der Waals surface area contributed by atoms with Crippen molar-refractivity contribution in [3.05, 3.63) is 67.1 Å². The van der Waals surface area contributed by atoms with Crippen molar-refractivity contribution in [3.63, 3.8) is 0 Å². The molecule has 2 aromatic carbocycles. The van der Waals surface area contributed by atoms with Gasteiger partial charge in [0.05, 0.1) is 15.6 Å². The maximum absolute atomic E-state index is 11.8. The maximum Gasteiger partial charge on any atom is 0.344 e. The van der Waals surface area contributed by atoms with E-state index in [1.165, 1.54) is 6.07 Å². The predicted octanol–water partition coefficient (Wildman–Crippen LogP) is 5.97. The first-order chi connectivity index (χ1) is 9.95. The van der Waals surface area contributed by atoms with Crippen LogP contribution >= 0.6 is 46.4 Å². The summed E-state index contributed by atoms with van der Waals surface area (Å²) in [6.45, 7) is 0. The number of carbonyl (C=O) groups excluding carboxylic acids is 1. The fourth-order valence-corrected chi connectivity index (χ4v) is 2.79. The summed E-state index contributed by atoms with van der Waals surface area (Å²) in [5.74, 6) is -0.0994. The first kappa shape index (κ1) is 14.7. The van der Waals surface area contributed by atoms with Crippen LogP contribution in [0.15, 0.2) is 30.3 Å². The smallest absolute Gasteiger partial charge is 0.344 e. The average Bonchev–Trinajstić information content (AvgIpc) is 2.70. The normalized spacial score (nSPS) is 15.2.